The smallest absolute Gasteiger partial charge is 0.195 e. The van der Waals surface area contributed by atoms with E-state index >= 15 is 0 Å². The van der Waals surface area contributed by atoms with Crippen LogP contribution in [0.25, 0.3) is 75.2 Å². The monoisotopic (exact) mass is 700 g/mol. The second-order valence-corrected chi connectivity index (χ2v) is 16.8. The summed E-state index contributed by atoms with van der Waals surface area (Å²) in [4.78, 5) is 13.9. The van der Waals surface area contributed by atoms with Gasteiger partial charge in [-0.3, -0.25) is 4.79 Å². The van der Waals surface area contributed by atoms with Crippen molar-refractivity contribution < 1.29 is 0 Å². The summed E-state index contributed by atoms with van der Waals surface area (Å²) in [6, 6.07) is 52.7. The average molecular weight is 701 g/mol. The zero-order valence-electron chi connectivity index (χ0n) is 30.1. The molecule has 0 aliphatic heterocycles. The molecule has 0 spiro atoms. The Kier molecular flexibility index (Phi) is 6.10. The number of hydrogen-bond donors (Lipinski definition) is 0. The van der Waals surface area contributed by atoms with Gasteiger partial charge in [0.15, 0.2) is 5.43 Å². The highest BCUT2D eigenvalue weighted by atomic mass is 32.1. The topological polar surface area (TPSA) is 26.9 Å². The first-order valence-electron chi connectivity index (χ1n) is 18.4. The minimum absolute atomic E-state index is 0.120. The molecule has 0 saturated heterocycles. The summed E-state index contributed by atoms with van der Waals surface area (Å²) in [7, 11) is 0. The third kappa shape index (κ3) is 4.07. The molecule has 0 N–H and O–H groups in total. The van der Waals surface area contributed by atoms with Crippen molar-refractivity contribution in [2.75, 3.05) is 0 Å². The quantitative estimate of drug-likeness (QED) is 0.165. The van der Waals surface area contributed by atoms with E-state index in [2.05, 4.69) is 164 Å². The Labute approximate surface area is 311 Å². The van der Waals surface area contributed by atoms with Gasteiger partial charge in [0.1, 0.15) is 0 Å². The first-order chi connectivity index (χ1) is 25.7. The Balaban J connectivity index is 1.18. The molecule has 3 nitrogen and oxygen atoms in total. The highest BCUT2D eigenvalue weighted by Gasteiger charge is 2.42. The van der Waals surface area contributed by atoms with Crippen LogP contribution in [-0.2, 0) is 10.8 Å². The molecule has 0 bridgehead atoms. The second kappa shape index (κ2) is 10.6. The van der Waals surface area contributed by atoms with Crippen LogP contribution in [-0.4, -0.2) is 9.13 Å². The molecule has 0 amide bonds. The lowest BCUT2D eigenvalue weighted by molar-refractivity contribution is 0.521. The van der Waals surface area contributed by atoms with Crippen LogP contribution in [0.4, 0.5) is 0 Å². The van der Waals surface area contributed by atoms with Gasteiger partial charge in [-0.2, -0.15) is 0 Å². The van der Waals surface area contributed by atoms with Crippen molar-refractivity contribution in [3.8, 4) is 11.4 Å². The van der Waals surface area contributed by atoms with Gasteiger partial charge in [0.2, 0.25) is 0 Å². The fourth-order valence-electron chi connectivity index (χ4n) is 9.47. The number of nitrogens with zero attached hydrogens (tertiary/aromatic N) is 2. The van der Waals surface area contributed by atoms with Gasteiger partial charge in [0, 0.05) is 63.9 Å². The normalized spacial score (nSPS) is 14.8. The van der Waals surface area contributed by atoms with Crippen molar-refractivity contribution in [1.29, 1.82) is 0 Å². The molecule has 3 aromatic heterocycles. The Morgan fingerprint density at radius 3 is 1.64 bits per heavy atom. The van der Waals surface area contributed by atoms with Gasteiger partial charge in [-0.15, -0.1) is 11.3 Å². The molecule has 1 aliphatic carbocycles. The van der Waals surface area contributed by atoms with E-state index in [4.69, 9.17) is 0 Å². The maximum Gasteiger partial charge on any atom is 0.195 e. The molecule has 0 atom stereocenters. The van der Waals surface area contributed by atoms with Crippen molar-refractivity contribution in [3.05, 3.63) is 178 Å². The van der Waals surface area contributed by atoms with Gasteiger partial charge in [-0.25, -0.2) is 0 Å². The van der Waals surface area contributed by atoms with E-state index in [0.29, 0.717) is 0 Å². The van der Waals surface area contributed by atoms with E-state index in [9.17, 15) is 4.79 Å². The fraction of sp³-hybridized carbons (Fsp3) is 0.122. The van der Waals surface area contributed by atoms with Crippen LogP contribution in [0.1, 0.15) is 49.9 Å². The highest BCUT2D eigenvalue weighted by Crippen LogP contribution is 2.52. The van der Waals surface area contributed by atoms with E-state index in [-0.39, 0.29) is 16.3 Å². The SMILES string of the molecule is CC1(C)c2ccc(-n3c4ccccc4c4cc5c6ccccc6n(-c6ccccc6)c5cc43)cc2C(C)(C)c2cc3c(=O)c4ccccc4sc3cc21. The molecular formula is C49H36N2OS. The van der Waals surface area contributed by atoms with Gasteiger partial charge in [-0.1, -0.05) is 100 Å². The molecule has 7 aromatic carbocycles. The Morgan fingerprint density at radius 2 is 0.943 bits per heavy atom. The molecule has 11 rings (SSSR count). The van der Waals surface area contributed by atoms with Crippen LogP contribution < -0.4 is 5.43 Å². The lowest BCUT2D eigenvalue weighted by Gasteiger charge is -2.44. The van der Waals surface area contributed by atoms with E-state index < -0.39 is 0 Å². The standard InChI is InChI=1S/C49H36N2OS/c1-48(2)37-23-22-30(24-38(37)49(3,4)39-26-36-46(27-40(39)48)53-45-21-13-10-18-33(45)47(36)52)51-42-20-12-9-17-32(42)35-25-34-31-16-8-11-19-41(31)50(43(34)28-44(35)51)29-14-6-5-7-15-29/h5-28H,1-4H3. The van der Waals surface area contributed by atoms with Gasteiger partial charge >= 0.3 is 0 Å². The number of para-hydroxylation sites is 3. The van der Waals surface area contributed by atoms with Crippen molar-refractivity contribution in [2.24, 2.45) is 0 Å². The summed E-state index contributed by atoms with van der Waals surface area (Å²) in [6.45, 7) is 9.35. The van der Waals surface area contributed by atoms with Crippen LogP contribution in [0.15, 0.2) is 150 Å². The first kappa shape index (κ1) is 30.6. The minimum atomic E-state index is -0.334. The third-order valence-corrected chi connectivity index (χ3v) is 13.3. The Morgan fingerprint density at radius 1 is 0.396 bits per heavy atom. The van der Waals surface area contributed by atoms with Crippen LogP contribution in [0.5, 0.6) is 0 Å². The fourth-order valence-corrected chi connectivity index (χ4v) is 10.6. The molecule has 1 aliphatic rings. The van der Waals surface area contributed by atoms with Crippen LogP contribution in [0.2, 0.25) is 0 Å². The molecule has 0 unspecified atom stereocenters. The van der Waals surface area contributed by atoms with Crippen LogP contribution in [0.3, 0.4) is 0 Å². The highest BCUT2D eigenvalue weighted by molar-refractivity contribution is 7.24. The number of hydrogen-bond acceptors (Lipinski definition) is 2. The van der Waals surface area contributed by atoms with Crippen molar-refractivity contribution in [2.45, 2.75) is 38.5 Å². The van der Waals surface area contributed by atoms with Crippen molar-refractivity contribution in [1.82, 2.24) is 9.13 Å². The summed E-state index contributed by atoms with van der Waals surface area (Å²) < 4.78 is 6.96. The van der Waals surface area contributed by atoms with Gasteiger partial charge < -0.3 is 9.13 Å². The minimum Gasteiger partial charge on any atom is -0.309 e. The molecule has 53 heavy (non-hydrogen) atoms. The predicted molar refractivity (Wildman–Crippen MR) is 225 cm³/mol. The summed E-state index contributed by atoms with van der Waals surface area (Å²) in [5.41, 5.74) is 11.8. The molecule has 0 radical (unpaired) electrons. The predicted octanol–water partition coefficient (Wildman–Crippen LogP) is 12.6. The summed E-state index contributed by atoms with van der Waals surface area (Å²) in [5, 5.41) is 6.61. The number of benzene rings is 7. The molecule has 254 valence electrons. The molecule has 4 heteroatoms. The largest absolute Gasteiger partial charge is 0.309 e. The van der Waals surface area contributed by atoms with E-state index in [1.807, 2.05) is 18.2 Å². The molecule has 0 saturated carbocycles. The lowest BCUT2D eigenvalue weighted by atomic mass is 9.60. The summed E-state index contributed by atoms with van der Waals surface area (Å²) in [6.07, 6.45) is 0. The van der Waals surface area contributed by atoms with E-state index in [0.717, 1.165) is 31.5 Å². The van der Waals surface area contributed by atoms with Crippen LogP contribution >= 0.6 is 11.3 Å². The first-order valence-corrected chi connectivity index (χ1v) is 19.2. The lowest BCUT2D eigenvalue weighted by Crippen LogP contribution is -2.36. The zero-order chi connectivity index (χ0) is 35.8. The molecule has 0 fully saturated rings. The number of aromatic nitrogens is 2. The molecular weight excluding hydrogens is 665 g/mol. The van der Waals surface area contributed by atoms with E-state index in [1.54, 1.807) is 11.3 Å². The van der Waals surface area contributed by atoms with Gasteiger partial charge in [0.05, 0.1) is 22.1 Å². The maximum atomic E-state index is 13.9. The van der Waals surface area contributed by atoms with Gasteiger partial charge in [0.25, 0.3) is 0 Å². The zero-order valence-corrected chi connectivity index (χ0v) is 30.9. The van der Waals surface area contributed by atoms with Crippen LogP contribution in [0, 0.1) is 0 Å². The maximum absolute atomic E-state index is 13.9. The number of fused-ring (bicyclic) bond motifs is 10. The molecule has 10 aromatic rings. The summed E-state index contributed by atoms with van der Waals surface area (Å²) >= 11 is 1.72. The Hall–Kier alpha value is -5.97. The molecule has 3 heterocycles. The van der Waals surface area contributed by atoms with Crippen molar-refractivity contribution >= 4 is 75.1 Å². The van der Waals surface area contributed by atoms with Crippen molar-refractivity contribution in [3.63, 3.8) is 0 Å². The Bertz CT molecular complexity index is 3250. The average Bonchev–Trinajstić information content (AvgIpc) is 3.68. The van der Waals surface area contributed by atoms with Gasteiger partial charge in [-0.05, 0) is 95.1 Å². The third-order valence-electron chi connectivity index (χ3n) is 12.2. The van der Waals surface area contributed by atoms with E-state index in [1.165, 1.54) is 65.9 Å². The second-order valence-electron chi connectivity index (χ2n) is 15.7. The number of rotatable bonds is 2. The summed E-state index contributed by atoms with van der Waals surface area (Å²) in [5.74, 6) is 0.